The quantitative estimate of drug-likeness (QED) is 0.0819. The maximum Gasteiger partial charge on any atom is 0.183 e. The third-order valence-corrected chi connectivity index (χ3v) is 10.6. The number of rotatable bonds is 18. The Labute approximate surface area is 310 Å². The molecule has 2 unspecified atom stereocenters. The summed E-state index contributed by atoms with van der Waals surface area (Å²) in [7, 11) is 11.1. The highest BCUT2D eigenvalue weighted by Gasteiger charge is 2.41. The van der Waals surface area contributed by atoms with Crippen LogP contribution in [0, 0.1) is 0 Å². The van der Waals surface area contributed by atoms with E-state index in [0.717, 1.165) is 35.3 Å². The topological polar surface area (TPSA) is 79.3 Å². The third kappa shape index (κ3) is 10.5. The van der Waals surface area contributed by atoms with E-state index in [4.69, 9.17) is 14.6 Å². The van der Waals surface area contributed by atoms with Crippen molar-refractivity contribution in [3.05, 3.63) is 125 Å². The number of aliphatic hydroxyl groups is 1. The van der Waals surface area contributed by atoms with Gasteiger partial charge in [-0.1, -0.05) is 93.1 Å². The van der Waals surface area contributed by atoms with Crippen molar-refractivity contribution >= 4 is 23.3 Å². The predicted molar refractivity (Wildman–Crippen MR) is 211 cm³/mol. The van der Waals surface area contributed by atoms with Gasteiger partial charge in [0.25, 0.3) is 0 Å². The van der Waals surface area contributed by atoms with E-state index >= 15 is 0 Å². The van der Waals surface area contributed by atoms with Gasteiger partial charge in [0, 0.05) is 21.8 Å². The van der Waals surface area contributed by atoms with Crippen molar-refractivity contribution < 1.29 is 24.2 Å². The monoisotopic (exact) mass is 712 g/mol. The molecule has 7 nitrogen and oxygen atoms in total. The first-order valence-corrected chi connectivity index (χ1v) is 18.6. The fourth-order valence-electron chi connectivity index (χ4n) is 6.57. The molecule has 0 aliphatic rings. The first kappa shape index (κ1) is 41.5. The van der Waals surface area contributed by atoms with Gasteiger partial charge >= 0.3 is 0 Å². The summed E-state index contributed by atoms with van der Waals surface area (Å²) in [6, 6.07) is 33.5. The van der Waals surface area contributed by atoms with Crippen LogP contribution in [0.1, 0.15) is 65.0 Å². The molecule has 4 rings (SSSR count). The van der Waals surface area contributed by atoms with Crippen LogP contribution in [0.2, 0.25) is 0 Å². The Hall–Kier alpha value is -3.95. The van der Waals surface area contributed by atoms with Crippen LogP contribution in [0.3, 0.4) is 0 Å². The fraction of sp³-hybridized carbons (Fsp3) is 0.395. The number of carbonyl (C=O) groups excluding carboxylic acids is 2. The Balaban J connectivity index is 0.000000276. The second kappa shape index (κ2) is 20.2. The van der Waals surface area contributed by atoms with Gasteiger partial charge in [-0.25, -0.2) is 0 Å². The summed E-state index contributed by atoms with van der Waals surface area (Å²) >= 11 is 1.59. The van der Waals surface area contributed by atoms with Gasteiger partial charge in [-0.05, 0) is 95.3 Å². The average Bonchev–Trinajstić information content (AvgIpc) is 3.16. The second-order valence-electron chi connectivity index (χ2n) is 13.1. The molecule has 4 aromatic carbocycles. The maximum absolute atomic E-state index is 13.6. The molecular formula is C43H56N2O5S. The molecule has 0 fully saturated rings. The lowest BCUT2D eigenvalue weighted by atomic mass is 9.79. The van der Waals surface area contributed by atoms with E-state index < -0.39 is 11.1 Å². The number of thioether (sulfide) groups is 1. The SMILES string of the molecule is CCC(Cc1ccccc1)(C(=O)c1ccc(SCCO)cc1)N(C)C.CCCC(Cc1ccccc1)(C(=O)c1ccc(OC)c(OC)c1)N(C)C. The molecule has 0 aliphatic heterocycles. The fourth-order valence-corrected chi connectivity index (χ4v) is 7.23. The van der Waals surface area contributed by atoms with Gasteiger partial charge in [-0.15, -0.1) is 11.8 Å². The average molecular weight is 713 g/mol. The molecule has 0 heterocycles. The molecule has 0 radical (unpaired) electrons. The summed E-state index contributed by atoms with van der Waals surface area (Å²) < 4.78 is 10.7. The van der Waals surface area contributed by atoms with Crippen molar-refractivity contribution in [3.8, 4) is 11.5 Å². The zero-order chi connectivity index (χ0) is 37.4. The zero-order valence-electron chi connectivity index (χ0n) is 31.6. The molecule has 0 aliphatic carbocycles. The number of aliphatic hydroxyl groups excluding tert-OH is 1. The van der Waals surface area contributed by atoms with Crippen molar-refractivity contribution in [3.63, 3.8) is 0 Å². The van der Waals surface area contributed by atoms with Crippen molar-refractivity contribution in [1.29, 1.82) is 0 Å². The highest BCUT2D eigenvalue weighted by molar-refractivity contribution is 7.99. The van der Waals surface area contributed by atoms with Crippen LogP contribution in [-0.4, -0.2) is 92.3 Å². The molecular weight excluding hydrogens is 657 g/mol. The first-order valence-electron chi connectivity index (χ1n) is 17.6. The lowest BCUT2D eigenvalue weighted by molar-refractivity contribution is 0.0649. The molecule has 0 spiro atoms. The van der Waals surface area contributed by atoms with E-state index in [0.29, 0.717) is 35.7 Å². The molecule has 51 heavy (non-hydrogen) atoms. The minimum Gasteiger partial charge on any atom is -0.493 e. The van der Waals surface area contributed by atoms with Gasteiger partial charge in [-0.2, -0.15) is 0 Å². The van der Waals surface area contributed by atoms with Gasteiger partial charge in [-0.3, -0.25) is 19.4 Å². The Morgan fingerprint density at radius 1 is 0.667 bits per heavy atom. The molecule has 8 heteroatoms. The minimum atomic E-state index is -0.601. The van der Waals surface area contributed by atoms with Crippen LogP contribution < -0.4 is 9.47 Å². The van der Waals surface area contributed by atoms with Gasteiger partial charge in [0.1, 0.15) is 0 Å². The van der Waals surface area contributed by atoms with Crippen molar-refractivity contribution in [1.82, 2.24) is 9.80 Å². The number of methoxy groups -OCH3 is 2. The second-order valence-corrected chi connectivity index (χ2v) is 14.3. The number of nitrogens with zero attached hydrogens (tertiary/aromatic N) is 2. The standard InChI is InChI=1S/C22H29NO3.C21H27NO2S/c1-6-14-22(23(2)3,16-17-10-8-7-9-11-17)21(24)18-12-13-19(25-4)20(15-18)26-5;1-4-21(22(2)3,16-17-8-6-5-7-9-17)20(24)18-10-12-19(13-11-18)25-15-14-23/h7-13,15H,6,14,16H2,1-5H3;5-13,23H,4,14-16H2,1-3H3. The lowest BCUT2D eigenvalue weighted by Gasteiger charge is -2.39. The normalized spacial score (nSPS) is 13.5. The number of hydrogen-bond donors (Lipinski definition) is 1. The molecule has 4 aromatic rings. The number of benzene rings is 4. The summed E-state index contributed by atoms with van der Waals surface area (Å²) in [4.78, 5) is 32.2. The van der Waals surface area contributed by atoms with Crippen LogP contribution in [0.15, 0.2) is 108 Å². The summed E-state index contributed by atoms with van der Waals surface area (Å²) in [5.41, 5.74) is 2.54. The highest BCUT2D eigenvalue weighted by Crippen LogP contribution is 2.34. The largest absolute Gasteiger partial charge is 0.493 e. The van der Waals surface area contributed by atoms with E-state index in [1.807, 2.05) is 94.9 Å². The number of likely N-dealkylation sites (N-methyl/N-ethyl adjacent to an activating group) is 2. The first-order chi connectivity index (χ1) is 24.5. The Kier molecular flexibility index (Phi) is 16.4. The van der Waals surface area contributed by atoms with Crippen LogP contribution in [-0.2, 0) is 12.8 Å². The zero-order valence-corrected chi connectivity index (χ0v) is 32.5. The van der Waals surface area contributed by atoms with Crippen LogP contribution in [0.4, 0.5) is 0 Å². The maximum atomic E-state index is 13.6. The molecule has 1 N–H and O–H groups in total. The molecule has 2 atom stereocenters. The third-order valence-electron chi connectivity index (χ3n) is 9.61. The predicted octanol–water partition coefficient (Wildman–Crippen LogP) is 8.14. The summed E-state index contributed by atoms with van der Waals surface area (Å²) in [5.74, 6) is 2.12. The van der Waals surface area contributed by atoms with Gasteiger partial charge in [0.2, 0.25) is 0 Å². The molecule has 0 aromatic heterocycles. The van der Waals surface area contributed by atoms with Crippen LogP contribution in [0.5, 0.6) is 11.5 Å². The van der Waals surface area contributed by atoms with E-state index in [1.165, 1.54) is 5.56 Å². The number of hydrogen-bond acceptors (Lipinski definition) is 8. The molecule has 274 valence electrons. The summed E-state index contributed by atoms with van der Waals surface area (Å²) in [6.45, 7) is 4.35. The smallest absolute Gasteiger partial charge is 0.183 e. The van der Waals surface area contributed by atoms with Crippen LogP contribution >= 0.6 is 11.8 Å². The number of carbonyl (C=O) groups is 2. The molecule has 0 saturated heterocycles. The number of ether oxygens (including phenoxy) is 2. The lowest BCUT2D eigenvalue weighted by Crippen LogP contribution is -2.53. The van der Waals surface area contributed by atoms with Crippen molar-refractivity contribution in [2.24, 2.45) is 0 Å². The van der Waals surface area contributed by atoms with Crippen molar-refractivity contribution in [2.75, 3.05) is 54.8 Å². The van der Waals surface area contributed by atoms with Crippen LogP contribution in [0.25, 0.3) is 0 Å². The van der Waals surface area contributed by atoms with Gasteiger partial charge in [0.15, 0.2) is 23.1 Å². The van der Waals surface area contributed by atoms with E-state index in [-0.39, 0.29) is 18.2 Å². The molecule has 0 saturated carbocycles. The minimum absolute atomic E-state index is 0.106. The van der Waals surface area contributed by atoms with Gasteiger partial charge in [0.05, 0.1) is 31.9 Å². The van der Waals surface area contributed by atoms with Crippen molar-refractivity contribution in [2.45, 2.75) is 61.9 Å². The van der Waals surface area contributed by atoms with E-state index in [1.54, 1.807) is 38.1 Å². The summed E-state index contributed by atoms with van der Waals surface area (Å²) in [6.07, 6.45) is 3.81. The Morgan fingerprint density at radius 3 is 1.61 bits per heavy atom. The van der Waals surface area contributed by atoms with Gasteiger partial charge < -0.3 is 14.6 Å². The Morgan fingerprint density at radius 2 is 1.16 bits per heavy atom. The highest BCUT2D eigenvalue weighted by atomic mass is 32.2. The molecule has 0 bridgehead atoms. The van der Waals surface area contributed by atoms with E-state index in [9.17, 15) is 9.59 Å². The summed E-state index contributed by atoms with van der Waals surface area (Å²) in [5, 5.41) is 8.93. The van der Waals surface area contributed by atoms with E-state index in [2.05, 4.69) is 47.9 Å². The number of ketones is 2. The Bertz CT molecular complexity index is 1650. The molecule has 0 amide bonds. The number of Topliss-reactive ketones (excluding diaryl/α,β-unsaturated/α-hetero) is 2.